The summed E-state index contributed by atoms with van der Waals surface area (Å²) in [5, 5.41) is 3.00. The van der Waals surface area contributed by atoms with Gasteiger partial charge in [-0.05, 0) is 75.9 Å². The van der Waals surface area contributed by atoms with E-state index in [4.69, 9.17) is 4.99 Å². The van der Waals surface area contributed by atoms with E-state index in [-0.39, 0.29) is 24.3 Å². The van der Waals surface area contributed by atoms with Crippen molar-refractivity contribution in [2.24, 2.45) is 10.9 Å². The molecule has 162 valence electrons. The summed E-state index contributed by atoms with van der Waals surface area (Å²) in [7, 11) is 0. The van der Waals surface area contributed by atoms with E-state index in [0.29, 0.717) is 5.69 Å². The number of fused-ring (bicyclic) bond motifs is 2. The Hall–Kier alpha value is -3.15. The molecule has 2 amide bonds. The molecule has 2 aromatic rings. The van der Waals surface area contributed by atoms with E-state index in [1.165, 1.54) is 0 Å². The predicted octanol–water partition coefficient (Wildman–Crippen LogP) is 4.70. The Balaban J connectivity index is 1.54. The van der Waals surface area contributed by atoms with Crippen LogP contribution in [0.2, 0.25) is 0 Å². The molecule has 1 saturated carbocycles. The van der Waals surface area contributed by atoms with Gasteiger partial charge in [-0.25, -0.2) is 0 Å². The van der Waals surface area contributed by atoms with Crippen LogP contribution < -0.4 is 15.1 Å². The van der Waals surface area contributed by atoms with Gasteiger partial charge in [-0.1, -0.05) is 12.1 Å². The third-order valence-electron chi connectivity index (χ3n) is 6.24. The minimum Gasteiger partial charge on any atom is -0.372 e. The molecule has 31 heavy (non-hydrogen) atoms. The molecule has 1 N–H and O–H groups in total. The fraction of sp³-hybridized carbons (Fsp3) is 0.400. The second-order valence-electron chi connectivity index (χ2n) is 8.18. The summed E-state index contributed by atoms with van der Waals surface area (Å²) in [4.78, 5) is 34.9. The lowest BCUT2D eigenvalue weighted by Crippen LogP contribution is -2.41. The van der Waals surface area contributed by atoms with Crippen molar-refractivity contribution < 1.29 is 9.59 Å². The van der Waals surface area contributed by atoms with Crippen LogP contribution in [0.3, 0.4) is 0 Å². The SMILES string of the molecule is CCN(CC)c1ccc(NC(=O)CN2C(=O)C3CCCC3=Nc3ccccc32)c(C)c1. The third kappa shape index (κ3) is 4.20. The molecule has 1 aliphatic carbocycles. The summed E-state index contributed by atoms with van der Waals surface area (Å²) in [6.45, 7) is 8.10. The normalized spacial score (nSPS) is 17.5. The number of nitrogens with zero attached hydrogens (tertiary/aromatic N) is 3. The molecule has 1 unspecified atom stereocenters. The van der Waals surface area contributed by atoms with Crippen molar-refractivity contribution in [3.63, 3.8) is 0 Å². The summed E-state index contributed by atoms with van der Waals surface area (Å²) < 4.78 is 0. The molecular weight excluding hydrogens is 388 g/mol. The maximum Gasteiger partial charge on any atom is 0.244 e. The minimum atomic E-state index is -0.213. The lowest BCUT2D eigenvalue weighted by molar-refractivity contribution is -0.122. The van der Waals surface area contributed by atoms with Crippen LogP contribution in [0.15, 0.2) is 47.5 Å². The zero-order valence-electron chi connectivity index (χ0n) is 18.5. The second kappa shape index (κ2) is 8.92. The van der Waals surface area contributed by atoms with E-state index in [0.717, 1.165) is 60.7 Å². The van der Waals surface area contributed by atoms with Gasteiger partial charge >= 0.3 is 0 Å². The van der Waals surface area contributed by atoms with Gasteiger partial charge in [0.2, 0.25) is 11.8 Å². The maximum absolute atomic E-state index is 13.3. The lowest BCUT2D eigenvalue weighted by atomic mass is 10.1. The Kier molecular flexibility index (Phi) is 6.07. The van der Waals surface area contributed by atoms with Gasteiger partial charge in [-0.15, -0.1) is 0 Å². The first-order chi connectivity index (χ1) is 15.0. The van der Waals surface area contributed by atoms with E-state index in [1.54, 1.807) is 4.90 Å². The molecule has 0 aromatic heterocycles. The number of benzene rings is 2. The molecular formula is C25H30N4O2. The first-order valence-corrected chi connectivity index (χ1v) is 11.1. The van der Waals surface area contributed by atoms with Gasteiger partial charge in [-0.3, -0.25) is 14.6 Å². The summed E-state index contributed by atoms with van der Waals surface area (Å²) >= 11 is 0. The van der Waals surface area contributed by atoms with Crippen molar-refractivity contribution in [3.05, 3.63) is 48.0 Å². The van der Waals surface area contributed by atoms with Crippen LogP contribution in [0.1, 0.15) is 38.7 Å². The summed E-state index contributed by atoms with van der Waals surface area (Å²) in [5.74, 6) is -0.441. The molecule has 0 saturated heterocycles. The van der Waals surface area contributed by atoms with Gasteiger partial charge in [0.25, 0.3) is 0 Å². The largest absolute Gasteiger partial charge is 0.372 e. The van der Waals surface area contributed by atoms with E-state index in [2.05, 4.69) is 30.1 Å². The van der Waals surface area contributed by atoms with Crippen molar-refractivity contribution in [1.29, 1.82) is 0 Å². The number of aryl methyl sites for hydroxylation is 1. The summed E-state index contributed by atoms with van der Waals surface area (Å²) in [5.41, 5.74) is 5.34. The average Bonchev–Trinajstić information content (AvgIpc) is 3.19. The van der Waals surface area contributed by atoms with Gasteiger partial charge in [0, 0.05) is 30.2 Å². The number of aliphatic imine (C=N–C) groups is 1. The van der Waals surface area contributed by atoms with Crippen molar-refractivity contribution in [2.45, 2.75) is 40.0 Å². The van der Waals surface area contributed by atoms with Crippen molar-refractivity contribution in [2.75, 3.05) is 34.8 Å². The Bertz CT molecular complexity index is 1030. The molecule has 6 heteroatoms. The van der Waals surface area contributed by atoms with E-state index < -0.39 is 0 Å². The van der Waals surface area contributed by atoms with Crippen LogP contribution in [0.4, 0.5) is 22.7 Å². The molecule has 6 nitrogen and oxygen atoms in total. The fourth-order valence-corrected chi connectivity index (χ4v) is 4.55. The Morgan fingerprint density at radius 3 is 2.71 bits per heavy atom. The maximum atomic E-state index is 13.3. The first-order valence-electron chi connectivity index (χ1n) is 11.1. The Morgan fingerprint density at radius 2 is 1.97 bits per heavy atom. The number of nitrogens with one attached hydrogen (secondary N) is 1. The molecule has 1 atom stereocenters. The average molecular weight is 419 g/mol. The van der Waals surface area contributed by atoms with Crippen molar-refractivity contribution >= 4 is 40.3 Å². The molecule has 0 radical (unpaired) electrons. The third-order valence-corrected chi connectivity index (χ3v) is 6.24. The highest BCUT2D eigenvalue weighted by molar-refractivity contribution is 6.16. The molecule has 2 aromatic carbocycles. The number of carbonyl (C=O) groups is 2. The fourth-order valence-electron chi connectivity index (χ4n) is 4.55. The first kappa shape index (κ1) is 21.1. The zero-order valence-corrected chi connectivity index (χ0v) is 18.5. The summed E-state index contributed by atoms with van der Waals surface area (Å²) in [6.07, 6.45) is 2.62. The highest BCUT2D eigenvalue weighted by atomic mass is 16.2. The van der Waals surface area contributed by atoms with Crippen LogP contribution in [-0.2, 0) is 9.59 Å². The van der Waals surface area contributed by atoms with E-state index in [9.17, 15) is 9.59 Å². The number of amides is 2. The number of rotatable bonds is 6. The molecule has 1 fully saturated rings. The number of hydrogen-bond acceptors (Lipinski definition) is 4. The van der Waals surface area contributed by atoms with E-state index in [1.807, 2.05) is 43.3 Å². The Labute approximate surface area is 184 Å². The van der Waals surface area contributed by atoms with Crippen LogP contribution in [0, 0.1) is 12.8 Å². The number of hydrogen-bond donors (Lipinski definition) is 1. The van der Waals surface area contributed by atoms with Gasteiger partial charge in [-0.2, -0.15) is 0 Å². The molecule has 1 aliphatic heterocycles. The summed E-state index contributed by atoms with van der Waals surface area (Å²) in [6, 6.07) is 13.6. The lowest BCUT2D eigenvalue weighted by Gasteiger charge is -2.25. The van der Waals surface area contributed by atoms with Crippen LogP contribution in [0.5, 0.6) is 0 Å². The van der Waals surface area contributed by atoms with Crippen molar-refractivity contribution in [3.8, 4) is 0 Å². The second-order valence-corrected chi connectivity index (χ2v) is 8.18. The molecule has 0 spiro atoms. The predicted molar refractivity (Wildman–Crippen MR) is 127 cm³/mol. The number of anilines is 3. The highest BCUT2D eigenvalue weighted by Crippen LogP contribution is 2.37. The van der Waals surface area contributed by atoms with Gasteiger partial charge < -0.3 is 15.1 Å². The standard InChI is InChI=1S/C25H30N4O2/c1-4-28(5-2)18-13-14-20(17(3)15-18)27-24(30)16-29-23-12-7-6-10-22(23)26-21-11-8-9-19(21)25(29)31/h6-7,10,12-15,19H,4-5,8-9,11,16H2,1-3H3,(H,27,30). The molecule has 1 heterocycles. The number of carbonyl (C=O) groups excluding carboxylic acids is 2. The van der Waals surface area contributed by atoms with Gasteiger partial charge in [0.1, 0.15) is 6.54 Å². The van der Waals surface area contributed by atoms with Crippen LogP contribution in [0.25, 0.3) is 0 Å². The van der Waals surface area contributed by atoms with Crippen LogP contribution in [-0.4, -0.2) is 37.2 Å². The smallest absolute Gasteiger partial charge is 0.244 e. The molecule has 2 aliphatic rings. The van der Waals surface area contributed by atoms with Gasteiger partial charge in [0.05, 0.1) is 17.3 Å². The topological polar surface area (TPSA) is 65.0 Å². The molecule has 4 rings (SSSR count). The van der Waals surface area contributed by atoms with Crippen molar-refractivity contribution in [1.82, 2.24) is 0 Å². The molecule has 0 bridgehead atoms. The quantitative estimate of drug-likeness (QED) is 0.740. The van der Waals surface area contributed by atoms with Gasteiger partial charge in [0.15, 0.2) is 0 Å². The van der Waals surface area contributed by atoms with E-state index >= 15 is 0 Å². The number of para-hydroxylation sites is 2. The Morgan fingerprint density at radius 1 is 1.19 bits per heavy atom. The highest BCUT2D eigenvalue weighted by Gasteiger charge is 2.37. The minimum absolute atomic E-state index is 0.0214. The monoisotopic (exact) mass is 418 g/mol. The van der Waals surface area contributed by atoms with Crippen LogP contribution >= 0.6 is 0 Å². The zero-order chi connectivity index (χ0) is 22.0.